The average molecular weight is 314 g/mol. The van der Waals surface area contributed by atoms with Gasteiger partial charge >= 0.3 is 0 Å². The monoisotopic (exact) mass is 314 g/mol. The van der Waals surface area contributed by atoms with Gasteiger partial charge in [-0.05, 0) is 37.9 Å². The van der Waals surface area contributed by atoms with E-state index in [1.807, 2.05) is 25.3 Å². The molecule has 110 valence electrons. The minimum absolute atomic E-state index is 0.0681. The molecule has 2 heterocycles. The second-order valence-corrected chi connectivity index (χ2v) is 7.20. The third kappa shape index (κ3) is 3.09. The summed E-state index contributed by atoms with van der Waals surface area (Å²) in [6, 6.07) is 1.97. The van der Waals surface area contributed by atoms with Crippen molar-refractivity contribution in [2.45, 2.75) is 32.0 Å². The van der Waals surface area contributed by atoms with E-state index in [4.69, 9.17) is 0 Å². The smallest absolute Gasteiger partial charge is 0.260 e. The molecule has 0 saturated heterocycles. The van der Waals surface area contributed by atoms with Crippen LogP contribution in [0.15, 0.2) is 16.5 Å². The molecule has 20 heavy (non-hydrogen) atoms. The summed E-state index contributed by atoms with van der Waals surface area (Å²) in [4.78, 5) is 1.01. The average Bonchev–Trinajstić information content (AvgIpc) is 2.95. The number of rotatable bonds is 6. The predicted molar refractivity (Wildman–Crippen MR) is 79.2 cm³/mol. The number of nitrogens with zero attached hydrogens (tertiary/aromatic N) is 1. The van der Waals surface area contributed by atoms with Crippen molar-refractivity contribution in [2.24, 2.45) is 0 Å². The molecule has 0 unspecified atom stereocenters. The first kappa shape index (κ1) is 15.2. The number of hydrogen-bond donors (Lipinski definition) is 3. The van der Waals surface area contributed by atoms with E-state index in [9.17, 15) is 8.42 Å². The van der Waals surface area contributed by atoms with Gasteiger partial charge < -0.3 is 5.32 Å². The fraction of sp³-hybridized carbons (Fsp3) is 0.417. The number of aromatic nitrogens is 2. The molecule has 2 rings (SSSR count). The molecule has 0 spiro atoms. The molecule has 0 aliphatic carbocycles. The van der Waals surface area contributed by atoms with Crippen molar-refractivity contribution >= 4 is 21.4 Å². The fourth-order valence-electron chi connectivity index (χ4n) is 1.85. The van der Waals surface area contributed by atoms with Gasteiger partial charge in [0.05, 0.1) is 0 Å². The van der Waals surface area contributed by atoms with Crippen LogP contribution in [0, 0.1) is 13.8 Å². The Bertz CT molecular complexity index is 688. The SMILES string of the molecule is CNCc1c(S(=O)(=O)NCc2sccc2C)n[nH]c1C. The number of sulfonamides is 1. The lowest BCUT2D eigenvalue weighted by Crippen LogP contribution is -2.25. The highest BCUT2D eigenvalue weighted by Crippen LogP contribution is 2.18. The number of hydrogen-bond acceptors (Lipinski definition) is 5. The van der Waals surface area contributed by atoms with Gasteiger partial charge in [-0.15, -0.1) is 11.3 Å². The van der Waals surface area contributed by atoms with Crippen LogP contribution < -0.4 is 10.0 Å². The van der Waals surface area contributed by atoms with Gasteiger partial charge in [0.1, 0.15) is 0 Å². The summed E-state index contributed by atoms with van der Waals surface area (Å²) in [5.41, 5.74) is 2.52. The van der Waals surface area contributed by atoms with Gasteiger partial charge in [0.15, 0.2) is 5.03 Å². The number of aromatic amines is 1. The van der Waals surface area contributed by atoms with Gasteiger partial charge in [0.2, 0.25) is 0 Å². The van der Waals surface area contributed by atoms with Crippen molar-refractivity contribution in [2.75, 3.05) is 7.05 Å². The molecule has 2 aromatic heterocycles. The molecule has 8 heteroatoms. The first-order valence-electron chi connectivity index (χ1n) is 6.16. The molecule has 0 aliphatic heterocycles. The van der Waals surface area contributed by atoms with Crippen LogP contribution in [0.5, 0.6) is 0 Å². The quantitative estimate of drug-likeness (QED) is 0.750. The van der Waals surface area contributed by atoms with Crippen LogP contribution in [0.2, 0.25) is 0 Å². The molecule has 0 aromatic carbocycles. The van der Waals surface area contributed by atoms with Gasteiger partial charge in [-0.1, -0.05) is 0 Å². The molecular weight excluding hydrogens is 296 g/mol. The van der Waals surface area contributed by atoms with Crippen molar-refractivity contribution in [3.05, 3.63) is 33.1 Å². The fourth-order valence-corrected chi connectivity index (χ4v) is 3.98. The standard InChI is InChI=1S/C12H18N4O2S2/c1-8-4-5-19-11(8)7-14-20(17,18)12-10(6-13-3)9(2)15-16-12/h4-5,13-14H,6-7H2,1-3H3,(H,15,16). The van der Waals surface area contributed by atoms with E-state index in [1.165, 1.54) is 11.3 Å². The Morgan fingerprint density at radius 2 is 2.10 bits per heavy atom. The molecule has 3 N–H and O–H groups in total. The zero-order valence-electron chi connectivity index (χ0n) is 11.6. The summed E-state index contributed by atoms with van der Waals surface area (Å²) in [6.45, 7) is 4.51. The Labute approximate surface area is 122 Å². The molecule has 0 fully saturated rings. The Morgan fingerprint density at radius 3 is 2.70 bits per heavy atom. The molecule has 0 saturated carbocycles. The zero-order valence-corrected chi connectivity index (χ0v) is 13.3. The first-order valence-corrected chi connectivity index (χ1v) is 8.53. The van der Waals surface area contributed by atoms with Crippen molar-refractivity contribution in [1.82, 2.24) is 20.2 Å². The summed E-state index contributed by atoms with van der Waals surface area (Å²) >= 11 is 1.54. The molecule has 0 atom stereocenters. The zero-order chi connectivity index (χ0) is 14.8. The maximum absolute atomic E-state index is 12.3. The van der Waals surface area contributed by atoms with Crippen molar-refractivity contribution in [1.29, 1.82) is 0 Å². The van der Waals surface area contributed by atoms with Crippen LogP contribution >= 0.6 is 11.3 Å². The van der Waals surface area contributed by atoms with E-state index >= 15 is 0 Å². The van der Waals surface area contributed by atoms with Crippen molar-refractivity contribution < 1.29 is 8.42 Å². The summed E-state index contributed by atoms with van der Waals surface area (Å²) < 4.78 is 27.3. The van der Waals surface area contributed by atoms with E-state index in [1.54, 1.807) is 7.05 Å². The molecule has 0 radical (unpaired) electrons. The van der Waals surface area contributed by atoms with Gasteiger partial charge in [0, 0.05) is 29.2 Å². The Balaban J connectivity index is 2.20. The lowest BCUT2D eigenvalue weighted by Gasteiger charge is -2.06. The van der Waals surface area contributed by atoms with Crippen molar-refractivity contribution in [3.63, 3.8) is 0 Å². The van der Waals surface area contributed by atoms with E-state index in [-0.39, 0.29) is 11.6 Å². The first-order chi connectivity index (χ1) is 9.45. The molecule has 0 amide bonds. The topological polar surface area (TPSA) is 86.9 Å². The summed E-state index contributed by atoms with van der Waals surface area (Å²) in [5, 5.41) is 11.6. The molecule has 2 aromatic rings. The Hall–Kier alpha value is -1.22. The second kappa shape index (κ2) is 6.04. The lowest BCUT2D eigenvalue weighted by molar-refractivity contribution is 0.575. The second-order valence-electron chi connectivity index (χ2n) is 4.51. The van der Waals surface area contributed by atoms with Gasteiger partial charge in [-0.2, -0.15) is 5.10 Å². The highest BCUT2D eigenvalue weighted by molar-refractivity contribution is 7.89. The van der Waals surface area contributed by atoms with E-state index in [2.05, 4.69) is 20.2 Å². The van der Waals surface area contributed by atoms with Gasteiger partial charge in [-0.3, -0.25) is 5.10 Å². The molecule has 0 bridgehead atoms. The Kier molecular flexibility index (Phi) is 4.59. The third-order valence-electron chi connectivity index (χ3n) is 3.03. The number of nitrogens with one attached hydrogen (secondary N) is 3. The highest BCUT2D eigenvalue weighted by atomic mass is 32.2. The van der Waals surface area contributed by atoms with E-state index in [0.717, 1.165) is 16.1 Å². The third-order valence-corrected chi connectivity index (χ3v) is 5.43. The number of aryl methyl sites for hydroxylation is 2. The van der Waals surface area contributed by atoms with Crippen LogP contribution in [0.25, 0.3) is 0 Å². The van der Waals surface area contributed by atoms with Crippen LogP contribution in [-0.4, -0.2) is 25.7 Å². The normalized spacial score (nSPS) is 11.9. The van der Waals surface area contributed by atoms with E-state index < -0.39 is 10.0 Å². The highest BCUT2D eigenvalue weighted by Gasteiger charge is 2.23. The lowest BCUT2D eigenvalue weighted by atomic mass is 10.3. The number of thiophene rings is 1. The van der Waals surface area contributed by atoms with Crippen LogP contribution in [-0.2, 0) is 23.1 Å². The maximum atomic E-state index is 12.3. The van der Waals surface area contributed by atoms with Crippen LogP contribution in [0.4, 0.5) is 0 Å². The molecular formula is C12H18N4O2S2. The predicted octanol–water partition coefficient (Wildman–Crippen LogP) is 1.29. The summed E-state index contributed by atoms with van der Waals surface area (Å²) in [5.74, 6) is 0. The largest absolute Gasteiger partial charge is 0.316 e. The minimum atomic E-state index is -3.61. The van der Waals surface area contributed by atoms with Crippen molar-refractivity contribution in [3.8, 4) is 0 Å². The molecule has 6 nitrogen and oxygen atoms in total. The minimum Gasteiger partial charge on any atom is -0.316 e. The maximum Gasteiger partial charge on any atom is 0.260 e. The number of H-pyrrole nitrogens is 1. The van der Waals surface area contributed by atoms with Gasteiger partial charge in [-0.25, -0.2) is 13.1 Å². The van der Waals surface area contributed by atoms with Gasteiger partial charge in [0.25, 0.3) is 10.0 Å². The van der Waals surface area contributed by atoms with Crippen LogP contribution in [0.3, 0.4) is 0 Å². The molecule has 0 aliphatic rings. The van der Waals surface area contributed by atoms with E-state index in [0.29, 0.717) is 12.1 Å². The summed E-state index contributed by atoms with van der Waals surface area (Å²) in [7, 11) is -1.84. The Morgan fingerprint density at radius 1 is 1.35 bits per heavy atom. The summed E-state index contributed by atoms with van der Waals surface area (Å²) in [6.07, 6.45) is 0. The van der Waals surface area contributed by atoms with Crippen LogP contribution in [0.1, 0.15) is 21.7 Å².